The van der Waals surface area contributed by atoms with Gasteiger partial charge in [0.05, 0.1) is 23.4 Å². The molecule has 0 aliphatic heterocycles. The molecule has 2 heterocycles. The number of nitrogens with zero attached hydrogens (tertiary/aromatic N) is 2. The number of ether oxygens (including phenoxy) is 2. The summed E-state index contributed by atoms with van der Waals surface area (Å²) in [6.45, 7) is 5.44. The fourth-order valence-corrected chi connectivity index (χ4v) is 3.91. The molecule has 0 fully saturated rings. The van der Waals surface area contributed by atoms with Crippen molar-refractivity contribution in [1.82, 2.24) is 9.55 Å². The summed E-state index contributed by atoms with van der Waals surface area (Å²) in [5, 5.41) is 10.4. The molecule has 4 aromatic rings. The van der Waals surface area contributed by atoms with Gasteiger partial charge >= 0.3 is 5.97 Å². The van der Waals surface area contributed by atoms with Gasteiger partial charge in [-0.05, 0) is 55.8 Å². The summed E-state index contributed by atoms with van der Waals surface area (Å²) in [4.78, 5) is 16.1. The van der Waals surface area contributed by atoms with Crippen LogP contribution in [0.1, 0.15) is 18.2 Å². The summed E-state index contributed by atoms with van der Waals surface area (Å²) in [5.74, 6) is -0.201. The normalized spacial score (nSPS) is 12.1. The molecule has 6 nitrogen and oxygen atoms in total. The standard InChI is InChI=1S/C27H28N2O4/c1-3-32-26(27(30)31)18-20-9-12-22(13-10-20)33-17-16-29-19(2)8-15-25(29)24-14-11-21-6-4-5-7-23(21)28-24/h4-15,26H,3,16-18H2,1-2H3,(H,30,31). The number of fused-ring (bicyclic) bond motifs is 1. The average Bonchev–Trinajstić information content (AvgIpc) is 3.19. The van der Waals surface area contributed by atoms with Crippen molar-refractivity contribution in [3.63, 3.8) is 0 Å². The van der Waals surface area contributed by atoms with E-state index in [2.05, 4.69) is 41.8 Å². The van der Waals surface area contributed by atoms with Crippen LogP contribution in [0, 0.1) is 6.92 Å². The second-order valence-corrected chi connectivity index (χ2v) is 7.88. The first kappa shape index (κ1) is 22.6. The van der Waals surface area contributed by atoms with Gasteiger partial charge in [-0.1, -0.05) is 36.4 Å². The Labute approximate surface area is 193 Å². The molecule has 0 saturated heterocycles. The number of para-hydroxylation sites is 1. The number of rotatable bonds is 10. The van der Waals surface area contributed by atoms with E-state index >= 15 is 0 Å². The predicted octanol–water partition coefficient (Wildman–Crippen LogP) is 5.12. The van der Waals surface area contributed by atoms with Crippen molar-refractivity contribution in [3.05, 3.63) is 84.1 Å². The van der Waals surface area contributed by atoms with Crippen LogP contribution in [0.5, 0.6) is 5.75 Å². The van der Waals surface area contributed by atoms with Crippen LogP contribution >= 0.6 is 0 Å². The van der Waals surface area contributed by atoms with Gasteiger partial charge in [0, 0.05) is 24.1 Å². The largest absolute Gasteiger partial charge is 0.492 e. The number of benzene rings is 2. The maximum atomic E-state index is 11.3. The van der Waals surface area contributed by atoms with Crippen LogP contribution in [0.15, 0.2) is 72.8 Å². The molecule has 170 valence electrons. The SMILES string of the molecule is CCOC(Cc1ccc(OCCn2c(C)ccc2-c2ccc3ccccc3n2)cc1)C(=O)O. The first-order valence-corrected chi connectivity index (χ1v) is 11.1. The number of carboxylic acids is 1. The highest BCUT2D eigenvalue weighted by atomic mass is 16.5. The molecule has 1 atom stereocenters. The molecule has 0 aliphatic carbocycles. The summed E-state index contributed by atoms with van der Waals surface area (Å²) in [6.07, 6.45) is -0.505. The molecule has 1 unspecified atom stereocenters. The third-order valence-corrected chi connectivity index (χ3v) is 5.63. The van der Waals surface area contributed by atoms with Crippen LogP contribution < -0.4 is 4.74 Å². The maximum absolute atomic E-state index is 11.3. The van der Waals surface area contributed by atoms with E-state index in [0.29, 0.717) is 26.2 Å². The van der Waals surface area contributed by atoms with Gasteiger partial charge in [0.25, 0.3) is 0 Å². The molecule has 4 rings (SSSR count). The number of hydrogen-bond acceptors (Lipinski definition) is 4. The van der Waals surface area contributed by atoms with Crippen LogP contribution in [0.2, 0.25) is 0 Å². The Hall–Kier alpha value is -3.64. The minimum Gasteiger partial charge on any atom is -0.492 e. The van der Waals surface area contributed by atoms with Crippen LogP contribution in [-0.4, -0.2) is 39.9 Å². The van der Waals surface area contributed by atoms with Gasteiger partial charge in [0.2, 0.25) is 0 Å². The lowest BCUT2D eigenvalue weighted by atomic mass is 10.1. The van der Waals surface area contributed by atoms with Crippen molar-refractivity contribution in [2.24, 2.45) is 0 Å². The molecule has 2 aromatic heterocycles. The van der Waals surface area contributed by atoms with Crippen LogP contribution in [0.3, 0.4) is 0 Å². The molecule has 0 aliphatic rings. The van der Waals surface area contributed by atoms with Gasteiger partial charge in [0.1, 0.15) is 12.4 Å². The molecule has 6 heteroatoms. The summed E-state index contributed by atoms with van der Waals surface area (Å²) in [6, 6.07) is 24.0. The molecule has 0 radical (unpaired) electrons. The first-order chi connectivity index (χ1) is 16.0. The Morgan fingerprint density at radius 1 is 1.03 bits per heavy atom. The van der Waals surface area contributed by atoms with E-state index in [1.165, 1.54) is 0 Å². The van der Waals surface area contributed by atoms with E-state index in [-0.39, 0.29) is 0 Å². The highest BCUT2D eigenvalue weighted by Crippen LogP contribution is 2.24. The molecule has 33 heavy (non-hydrogen) atoms. The van der Waals surface area contributed by atoms with E-state index in [0.717, 1.165) is 39.3 Å². The van der Waals surface area contributed by atoms with Gasteiger partial charge in [-0.25, -0.2) is 9.78 Å². The molecular formula is C27H28N2O4. The van der Waals surface area contributed by atoms with E-state index < -0.39 is 12.1 Å². The van der Waals surface area contributed by atoms with E-state index in [1.807, 2.05) is 42.5 Å². The average molecular weight is 445 g/mol. The lowest BCUT2D eigenvalue weighted by molar-refractivity contribution is -0.149. The van der Waals surface area contributed by atoms with Gasteiger partial charge in [-0.2, -0.15) is 0 Å². The summed E-state index contributed by atoms with van der Waals surface area (Å²) in [7, 11) is 0. The molecule has 0 amide bonds. The Balaban J connectivity index is 1.40. The first-order valence-electron chi connectivity index (χ1n) is 11.1. The topological polar surface area (TPSA) is 73.6 Å². The molecule has 1 N–H and O–H groups in total. The third-order valence-electron chi connectivity index (χ3n) is 5.63. The predicted molar refractivity (Wildman–Crippen MR) is 129 cm³/mol. The smallest absolute Gasteiger partial charge is 0.333 e. The summed E-state index contributed by atoms with van der Waals surface area (Å²) >= 11 is 0. The quantitative estimate of drug-likeness (QED) is 0.367. The fourth-order valence-electron chi connectivity index (χ4n) is 3.91. The molecule has 0 bridgehead atoms. The van der Waals surface area contributed by atoms with Gasteiger partial charge in [-0.3, -0.25) is 0 Å². The van der Waals surface area contributed by atoms with Crippen molar-refractivity contribution >= 4 is 16.9 Å². The van der Waals surface area contributed by atoms with Crippen molar-refractivity contribution < 1.29 is 19.4 Å². The number of carbonyl (C=O) groups is 1. The fraction of sp³-hybridized carbons (Fsp3) is 0.259. The lowest BCUT2D eigenvalue weighted by Crippen LogP contribution is -2.26. The second kappa shape index (κ2) is 10.3. The maximum Gasteiger partial charge on any atom is 0.333 e. The Morgan fingerprint density at radius 3 is 2.58 bits per heavy atom. The van der Waals surface area contributed by atoms with Crippen LogP contribution in [-0.2, 0) is 22.5 Å². The van der Waals surface area contributed by atoms with Gasteiger partial charge < -0.3 is 19.1 Å². The second-order valence-electron chi connectivity index (χ2n) is 7.88. The van der Waals surface area contributed by atoms with E-state index in [9.17, 15) is 9.90 Å². The minimum atomic E-state index is -0.948. The highest BCUT2D eigenvalue weighted by molar-refractivity contribution is 5.81. The number of aromatic nitrogens is 2. The number of carboxylic acid groups (broad SMARTS) is 1. The third kappa shape index (κ3) is 5.41. The van der Waals surface area contributed by atoms with E-state index in [4.69, 9.17) is 14.5 Å². The molecule has 0 spiro atoms. The number of aryl methyl sites for hydroxylation is 1. The monoisotopic (exact) mass is 444 g/mol. The number of aliphatic carboxylic acids is 1. The minimum absolute atomic E-state index is 0.328. The molecule has 0 saturated carbocycles. The van der Waals surface area contributed by atoms with Crippen molar-refractivity contribution in [2.45, 2.75) is 32.9 Å². The van der Waals surface area contributed by atoms with E-state index in [1.54, 1.807) is 6.92 Å². The van der Waals surface area contributed by atoms with Crippen molar-refractivity contribution in [1.29, 1.82) is 0 Å². The summed E-state index contributed by atoms with van der Waals surface area (Å²) in [5.41, 5.74) is 5.02. The zero-order valence-corrected chi connectivity index (χ0v) is 18.9. The molecular weight excluding hydrogens is 416 g/mol. The highest BCUT2D eigenvalue weighted by Gasteiger charge is 2.18. The number of hydrogen-bond donors (Lipinski definition) is 1. The van der Waals surface area contributed by atoms with Crippen molar-refractivity contribution in [2.75, 3.05) is 13.2 Å². The summed E-state index contributed by atoms with van der Waals surface area (Å²) < 4.78 is 13.5. The Bertz CT molecular complexity index is 1230. The number of pyridine rings is 1. The lowest BCUT2D eigenvalue weighted by Gasteiger charge is -2.14. The van der Waals surface area contributed by atoms with Crippen LogP contribution in [0.4, 0.5) is 0 Å². The van der Waals surface area contributed by atoms with Gasteiger partial charge in [0.15, 0.2) is 6.10 Å². The zero-order chi connectivity index (χ0) is 23.2. The van der Waals surface area contributed by atoms with Crippen molar-refractivity contribution in [3.8, 4) is 17.1 Å². The van der Waals surface area contributed by atoms with Crippen LogP contribution in [0.25, 0.3) is 22.3 Å². The zero-order valence-electron chi connectivity index (χ0n) is 18.9. The van der Waals surface area contributed by atoms with Gasteiger partial charge in [-0.15, -0.1) is 0 Å². The Kier molecular flexibility index (Phi) is 7.05. The Morgan fingerprint density at radius 2 is 1.82 bits per heavy atom. The molecule has 2 aromatic carbocycles.